The summed E-state index contributed by atoms with van der Waals surface area (Å²) in [5.41, 5.74) is 6.24. The van der Waals surface area contributed by atoms with E-state index in [0.717, 1.165) is 48.1 Å². The fraction of sp³-hybridized carbons (Fsp3) is 0.370. The second-order valence-electron chi connectivity index (χ2n) is 9.15. The van der Waals surface area contributed by atoms with Crippen molar-refractivity contribution in [3.63, 3.8) is 0 Å². The molecule has 1 aliphatic rings. The summed E-state index contributed by atoms with van der Waals surface area (Å²) in [5, 5.41) is 7.74. The lowest BCUT2D eigenvalue weighted by atomic mass is 10.1. The molecule has 2 aromatic carbocycles. The Labute approximate surface area is 206 Å². The highest BCUT2D eigenvalue weighted by molar-refractivity contribution is 5.93. The molecule has 3 aromatic rings. The van der Waals surface area contributed by atoms with Crippen LogP contribution in [-0.2, 0) is 9.53 Å². The van der Waals surface area contributed by atoms with Gasteiger partial charge in [-0.15, -0.1) is 0 Å². The zero-order chi connectivity index (χ0) is 25.1. The van der Waals surface area contributed by atoms with Crippen molar-refractivity contribution in [1.29, 1.82) is 0 Å². The first-order chi connectivity index (χ1) is 16.8. The van der Waals surface area contributed by atoms with E-state index < -0.39 is 0 Å². The molecule has 35 heavy (non-hydrogen) atoms. The van der Waals surface area contributed by atoms with Crippen molar-refractivity contribution in [2.24, 2.45) is 0 Å². The topological polar surface area (TPSA) is 79.7 Å². The molecule has 0 aliphatic carbocycles. The van der Waals surface area contributed by atoms with E-state index in [2.05, 4.69) is 46.2 Å². The van der Waals surface area contributed by atoms with Crippen LogP contribution in [0, 0.1) is 20.8 Å². The Morgan fingerprint density at radius 2 is 1.66 bits per heavy atom. The van der Waals surface area contributed by atoms with Crippen LogP contribution < -0.4 is 10.2 Å². The van der Waals surface area contributed by atoms with Gasteiger partial charge in [0.2, 0.25) is 5.91 Å². The Kier molecular flexibility index (Phi) is 7.21. The highest BCUT2D eigenvalue weighted by Crippen LogP contribution is 2.24. The molecule has 2 heterocycles. The third-order valence-electron chi connectivity index (χ3n) is 6.60. The van der Waals surface area contributed by atoms with Gasteiger partial charge >= 0.3 is 5.97 Å². The monoisotopic (exact) mass is 475 g/mol. The van der Waals surface area contributed by atoms with Crippen molar-refractivity contribution >= 4 is 23.3 Å². The fourth-order valence-electron chi connectivity index (χ4n) is 4.52. The Balaban J connectivity index is 1.36. The molecule has 4 rings (SSSR count). The van der Waals surface area contributed by atoms with Gasteiger partial charge < -0.3 is 15.0 Å². The average molecular weight is 476 g/mol. The number of aromatic nitrogens is 2. The summed E-state index contributed by atoms with van der Waals surface area (Å²) >= 11 is 0. The summed E-state index contributed by atoms with van der Waals surface area (Å²) in [4.78, 5) is 29.1. The quantitative estimate of drug-likeness (QED) is 0.548. The van der Waals surface area contributed by atoms with Crippen molar-refractivity contribution in [3.8, 4) is 5.69 Å². The van der Waals surface area contributed by atoms with E-state index in [1.54, 1.807) is 12.1 Å². The maximum atomic E-state index is 13.0. The number of carbonyl (C=O) groups excluding carboxylic acids is 2. The van der Waals surface area contributed by atoms with E-state index in [1.165, 1.54) is 12.7 Å². The van der Waals surface area contributed by atoms with Crippen LogP contribution in [0.15, 0.2) is 48.5 Å². The highest BCUT2D eigenvalue weighted by Gasteiger charge is 2.26. The zero-order valence-corrected chi connectivity index (χ0v) is 21.0. The summed E-state index contributed by atoms with van der Waals surface area (Å²) in [7, 11) is 1.38. The highest BCUT2D eigenvalue weighted by atomic mass is 16.5. The van der Waals surface area contributed by atoms with Crippen molar-refractivity contribution < 1.29 is 14.3 Å². The molecule has 1 N–H and O–H groups in total. The van der Waals surface area contributed by atoms with Gasteiger partial charge in [-0.05, 0) is 64.1 Å². The van der Waals surface area contributed by atoms with Gasteiger partial charge in [0.05, 0.1) is 42.0 Å². The molecule has 0 saturated carbocycles. The number of hydrogen-bond acceptors (Lipinski definition) is 6. The zero-order valence-electron chi connectivity index (χ0n) is 21.0. The third-order valence-corrected chi connectivity index (χ3v) is 6.60. The number of nitrogens with one attached hydrogen (secondary N) is 1. The van der Waals surface area contributed by atoms with Crippen molar-refractivity contribution in [1.82, 2.24) is 14.7 Å². The first-order valence-electron chi connectivity index (χ1n) is 11.9. The molecule has 184 valence electrons. The lowest BCUT2D eigenvalue weighted by Crippen LogP contribution is -2.53. The summed E-state index contributed by atoms with van der Waals surface area (Å²) in [5.74, 6) is -0.377. The van der Waals surface area contributed by atoms with E-state index >= 15 is 0 Å². The van der Waals surface area contributed by atoms with Crippen LogP contribution in [-0.4, -0.2) is 65.9 Å². The fourth-order valence-corrected chi connectivity index (χ4v) is 4.52. The van der Waals surface area contributed by atoms with Crippen molar-refractivity contribution in [2.75, 3.05) is 43.5 Å². The van der Waals surface area contributed by atoms with Gasteiger partial charge in [-0.2, -0.15) is 5.10 Å². The van der Waals surface area contributed by atoms with E-state index in [4.69, 9.17) is 4.74 Å². The number of ether oxygens (including phenoxy) is 1. The second kappa shape index (κ2) is 10.3. The number of esters is 1. The predicted octanol–water partition coefficient (Wildman–Crippen LogP) is 3.73. The number of hydrogen-bond donors (Lipinski definition) is 1. The van der Waals surface area contributed by atoms with E-state index in [9.17, 15) is 9.59 Å². The molecule has 1 unspecified atom stereocenters. The number of anilines is 2. The summed E-state index contributed by atoms with van der Waals surface area (Å²) in [6.45, 7) is 10.8. The number of methoxy groups -OCH3 is 1. The Bertz CT molecular complexity index is 1200. The molecular formula is C27H33N5O3. The summed E-state index contributed by atoms with van der Waals surface area (Å²) in [6.07, 6.45) is 0. The molecule has 0 bridgehead atoms. The van der Waals surface area contributed by atoms with Gasteiger partial charge in [0, 0.05) is 31.4 Å². The molecule has 1 amide bonds. The summed E-state index contributed by atoms with van der Waals surface area (Å²) < 4.78 is 6.64. The number of nitrogens with zero attached hydrogens (tertiary/aromatic N) is 4. The lowest BCUT2D eigenvalue weighted by molar-refractivity contribution is -0.117. The SMILES string of the molecule is COC(=O)c1ccc(N2CCN(CC(=O)Nc3c(C)nn(-c4ccc(C)cc4)c3C)C(C)C2)cc1. The summed E-state index contributed by atoms with van der Waals surface area (Å²) in [6, 6.07) is 15.8. The Morgan fingerprint density at radius 3 is 2.29 bits per heavy atom. The lowest BCUT2D eigenvalue weighted by Gasteiger charge is -2.40. The number of piperazine rings is 1. The smallest absolute Gasteiger partial charge is 0.337 e. The minimum Gasteiger partial charge on any atom is -0.465 e. The van der Waals surface area contributed by atoms with E-state index in [-0.39, 0.29) is 17.9 Å². The number of benzene rings is 2. The van der Waals surface area contributed by atoms with Crippen LogP contribution >= 0.6 is 0 Å². The Morgan fingerprint density at radius 1 is 1.00 bits per heavy atom. The number of aryl methyl sites for hydroxylation is 2. The van der Waals surface area contributed by atoms with Crippen LogP contribution in [0.3, 0.4) is 0 Å². The van der Waals surface area contributed by atoms with Crippen molar-refractivity contribution in [3.05, 3.63) is 71.0 Å². The molecule has 8 heteroatoms. The third kappa shape index (κ3) is 5.38. The molecule has 0 spiro atoms. The molecule has 1 saturated heterocycles. The van der Waals surface area contributed by atoms with Crippen LogP contribution in [0.1, 0.15) is 34.2 Å². The van der Waals surface area contributed by atoms with Crippen LogP contribution in [0.2, 0.25) is 0 Å². The molecule has 0 radical (unpaired) electrons. The van der Waals surface area contributed by atoms with Gasteiger partial charge in [-0.1, -0.05) is 17.7 Å². The Hall–Kier alpha value is -3.65. The molecule has 1 fully saturated rings. The number of carbonyl (C=O) groups is 2. The predicted molar refractivity (Wildman–Crippen MR) is 137 cm³/mol. The van der Waals surface area contributed by atoms with Gasteiger partial charge in [-0.3, -0.25) is 9.69 Å². The van der Waals surface area contributed by atoms with Gasteiger partial charge in [0.15, 0.2) is 0 Å². The molecule has 8 nitrogen and oxygen atoms in total. The molecule has 1 atom stereocenters. The average Bonchev–Trinajstić information content (AvgIpc) is 3.13. The van der Waals surface area contributed by atoms with Crippen LogP contribution in [0.25, 0.3) is 5.69 Å². The first kappa shape index (κ1) is 24.5. The van der Waals surface area contributed by atoms with Crippen LogP contribution in [0.5, 0.6) is 0 Å². The minimum atomic E-state index is -0.337. The van der Waals surface area contributed by atoms with E-state index in [0.29, 0.717) is 12.1 Å². The van der Waals surface area contributed by atoms with Gasteiger partial charge in [0.1, 0.15) is 0 Å². The standard InChI is InChI=1S/C27H33N5O3/c1-18-6-10-24(11-7-18)32-21(4)26(20(3)29-32)28-25(33)17-30-14-15-31(16-19(30)2)23-12-8-22(9-13-23)27(34)35-5/h6-13,19H,14-17H2,1-5H3,(H,28,33). The largest absolute Gasteiger partial charge is 0.465 e. The van der Waals surface area contributed by atoms with Crippen molar-refractivity contribution in [2.45, 2.75) is 33.7 Å². The minimum absolute atomic E-state index is 0.0395. The van der Waals surface area contributed by atoms with E-state index in [1.807, 2.05) is 42.8 Å². The second-order valence-corrected chi connectivity index (χ2v) is 9.15. The molecule has 1 aromatic heterocycles. The molecule has 1 aliphatic heterocycles. The van der Waals surface area contributed by atoms with Crippen LogP contribution in [0.4, 0.5) is 11.4 Å². The van der Waals surface area contributed by atoms with Gasteiger partial charge in [-0.25, -0.2) is 9.48 Å². The number of rotatable bonds is 6. The molecular weight excluding hydrogens is 442 g/mol. The maximum Gasteiger partial charge on any atom is 0.337 e. The number of amides is 1. The first-order valence-corrected chi connectivity index (χ1v) is 11.9. The van der Waals surface area contributed by atoms with Gasteiger partial charge in [0.25, 0.3) is 0 Å². The normalized spacial score (nSPS) is 16.3. The maximum absolute atomic E-state index is 13.0.